The molecule has 0 spiro atoms. The van der Waals surface area contributed by atoms with Gasteiger partial charge in [0.05, 0.1) is 11.3 Å². The molecule has 3 N–H and O–H groups in total. The molecule has 0 unspecified atom stereocenters. The fourth-order valence-corrected chi connectivity index (χ4v) is 1.45. The number of anilines is 1. The molecule has 0 aromatic heterocycles. The Morgan fingerprint density at radius 1 is 1.47 bits per heavy atom. The van der Waals surface area contributed by atoms with E-state index in [-0.39, 0.29) is 5.91 Å². The second-order valence-corrected chi connectivity index (χ2v) is 3.66. The average Bonchev–Trinajstić information content (AvgIpc) is 2.36. The Bertz CT molecular complexity index is 432. The fourth-order valence-electron chi connectivity index (χ4n) is 1.26. The molecule has 4 nitrogen and oxygen atoms in total. The number of carbonyl (C=O) groups excluding carboxylic acids is 1. The molecule has 0 atom stereocenters. The van der Waals surface area contributed by atoms with Crippen molar-refractivity contribution in [3.63, 3.8) is 0 Å². The summed E-state index contributed by atoms with van der Waals surface area (Å²) in [6, 6.07) is 7.17. The first-order valence-corrected chi connectivity index (χ1v) is 5.56. The summed E-state index contributed by atoms with van der Waals surface area (Å²) >= 11 is 5.08. The number of carbonyl (C=O) groups is 1. The maximum absolute atomic E-state index is 11.6. The van der Waals surface area contributed by atoms with Crippen LogP contribution in [0.5, 0.6) is 0 Å². The number of hydrogen-bond acceptors (Lipinski definition) is 2. The smallest absolute Gasteiger partial charge is 0.253 e. The van der Waals surface area contributed by atoms with Gasteiger partial charge >= 0.3 is 0 Å². The minimum Gasteiger partial charge on any atom is -0.359 e. The predicted molar refractivity (Wildman–Crippen MR) is 74.3 cm³/mol. The fraction of sp³-hybridized carbons (Fsp3) is 0.167. The standard InChI is InChI=1S/C12H15N3OS/c1-3-8-14-12(17)15-10-7-5-4-6-9(10)11(16)13-2/h3-7H,1,8H2,2H3,(H,13,16)(H2,14,15,17). The molecule has 0 aliphatic heterocycles. The van der Waals surface area contributed by atoms with Gasteiger partial charge in [-0.15, -0.1) is 6.58 Å². The molecule has 0 radical (unpaired) electrons. The Kier molecular flexibility index (Phi) is 5.16. The van der Waals surface area contributed by atoms with Gasteiger partial charge in [0.25, 0.3) is 5.91 Å². The molecule has 1 aromatic rings. The van der Waals surface area contributed by atoms with Crippen LogP contribution in [0, 0.1) is 0 Å². The van der Waals surface area contributed by atoms with Crippen molar-refractivity contribution >= 4 is 28.9 Å². The second-order valence-electron chi connectivity index (χ2n) is 3.25. The van der Waals surface area contributed by atoms with Crippen LogP contribution in [0.25, 0.3) is 0 Å². The number of amides is 1. The first-order valence-electron chi connectivity index (χ1n) is 5.16. The summed E-state index contributed by atoms with van der Waals surface area (Å²) in [5.74, 6) is -0.153. The highest BCUT2D eigenvalue weighted by Crippen LogP contribution is 2.14. The van der Waals surface area contributed by atoms with Gasteiger partial charge in [-0.05, 0) is 24.4 Å². The molecule has 0 fully saturated rings. The van der Waals surface area contributed by atoms with Crippen LogP contribution in [0.15, 0.2) is 36.9 Å². The molecule has 5 heteroatoms. The van der Waals surface area contributed by atoms with Gasteiger partial charge in [0, 0.05) is 13.6 Å². The Morgan fingerprint density at radius 2 is 2.18 bits per heavy atom. The van der Waals surface area contributed by atoms with Gasteiger partial charge in [-0.2, -0.15) is 0 Å². The minimum atomic E-state index is -0.153. The zero-order valence-corrected chi connectivity index (χ0v) is 10.4. The van der Waals surface area contributed by atoms with Crippen molar-refractivity contribution in [2.45, 2.75) is 0 Å². The van der Waals surface area contributed by atoms with E-state index < -0.39 is 0 Å². The molecule has 1 rings (SSSR count). The van der Waals surface area contributed by atoms with E-state index in [0.29, 0.717) is 22.9 Å². The maximum Gasteiger partial charge on any atom is 0.253 e. The summed E-state index contributed by atoms with van der Waals surface area (Å²) in [6.45, 7) is 4.16. The molecule has 0 saturated carbocycles. The summed E-state index contributed by atoms with van der Waals surface area (Å²) < 4.78 is 0. The lowest BCUT2D eigenvalue weighted by Gasteiger charge is -2.12. The maximum atomic E-state index is 11.6. The van der Waals surface area contributed by atoms with E-state index in [4.69, 9.17) is 12.2 Å². The highest BCUT2D eigenvalue weighted by atomic mass is 32.1. The third kappa shape index (κ3) is 3.88. The summed E-state index contributed by atoms with van der Waals surface area (Å²) in [5, 5.41) is 8.95. The predicted octanol–water partition coefficient (Wildman–Crippen LogP) is 1.52. The quantitative estimate of drug-likeness (QED) is 0.559. The highest BCUT2D eigenvalue weighted by molar-refractivity contribution is 7.80. The van der Waals surface area contributed by atoms with Crippen molar-refractivity contribution in [2.75, 3.05) is 18.9 Å². The summed E-state index contributed by atoms with van der Waals surface area (Å²) in [4.78, 5) is 11.6. The van der Waals surface area contributed by atoms with Crippen molar-refractivity contribution < 1.29 is 4.79 Å². The van der Waals surface area contributed by atoms with Gasteiger partial charge in [0.2, 0.25) is 0 Å². The van der Waals surface area contributed by atoms with E-state index in [1.807, 2.05) is 6.07 Å². The number of nitrogens with one attached hydrogen (secondary N) is 3. The van der Waals surface area contributed by atoms with Crippen LogP contribution in [0.1, 0.15) is 10.4 Å². The van der Waals surface area contributed by atoms with Crippen LogP contribution in [-0.2, 0) is 0 Å². The first-order chi connectivity index (χ1) is 8.19. The Hall–Kier alpha value is -1.88. The molecule has 17 heavy (non-hydrogen) atoms. The van der Waals surface area contributed by atoms with Gasteiger partial charge < -0.3 is 16.0 Å². The van der Waals surface area contributed by atoms with E-state index in [9.17, 15) is 4.79 Å². The van der Waals surface area contributed by atoms with Gasteiger partial charge in [0.15, 0.2) is 5.11 Å². The van der Waals surface area contributed by atoms with Gasteiger partial charge in [-0.1, -0.05) is 18.2 Å². The van der Waals surface area contributed by atoms with E-state index >= 15 is 0 Å². The molecule has 0 saturated heterocycles. The highest BCUT2D eigenvalue weighted by Gasteiger charge is 2.09. The van der Waals surface area contributed by atoms with E-state index in [2.05, 4.69) is 22.5 Å². The van der Waals surface area contributed by atoms with E-state index in [1.165, 1.54) is 0 Å². The average molecular weight is 249 g/mol. The molecular formula is C12H15N3OS. The van der Waals surface area contributed by atoms with Gasteiger partial charge in [-0.3, -0.25) is 4.79 Å². The lowest BCUT2D eigenvalue weighted by atomic mass is 10.1. The van der Waals surface area contributed by atoms with E-state index in [0.717, 1.165) is 0 Å². The topological polar surface area (TPSA) is 53.2 Å². The number of para-hydroxylation sites is 1. The number of thiocarbonyl (C=S) groups is 1. The van der Waals surface area contributed by atoms with Crippen LogP contribution >= 0.6 is 12.2 Å². The Balaban J connectivity index is 2.79. The minimum absolute atomic E-state index is 0.153. The van der Waals surface area contributed by atoms with Crippen molar-refractivity contribution in [3.05, 3.63) is 42.5 Å². The summed E-state index contributed by atoms with van der Waals surface area (Å²) in [5.41, 5.74) is 1.23. The van der Waals surface area contributed by atoms with Gasteiger partial charge in [-0.25, -0.2) is 0 Å². The second kappa shape index (κ2) is 6.65. The molecule has 0 aliphatic rings. The third-order valence-corrected chi connectivity index (χ3v) is 2.30. The molecule has 0 heterocycles. The largest absolute Gasteiger partial charge is 0.359 e. The van der Waals surface area contributed by atoms with Crippen molar-refractivity contribution in [1.29, 1.82) is 0 Å². The number of hydrogen-bond donors (Lipinski definition) is 3. The SMILES string of the molecule is C=CCNC(=S)Nc1ccccc1C(=O)NC. The van der Waals surface area contributed by atoms with Crippen LogP contribution in [0.2, 0.25) is 0 Å². The summed E-state index contributed by atoms with van der Waals surface area (Å²) in [7, 11) is 1.59. The first kappa shape index (κ1) is 13.2. The Morgan fingerprint density at radius 3 is 2.82 bits per heavy atom. The van der Waals surface area contributed by atoms with Crippen molar-refractivity contribution in [3.8, 4) is 0 Å². The summed E-state index contributed by atoms with van der Waals surface area (Å²) in [6.07, 6.45) is 1.71. The monoisotopic (exact) mass is 249 g/mol. The number of benzene rings is 1. The lowest BCUT2D eigenvalue weighted by molar-refractivity contribution is 0.0964. The Labute approximate surface area is 106 Å². The molecule has 90 valence electrons. The normalized spacial score (nSPS) is 9.24. The lowest BCUT2D eigenvalue weighted by Crippen LogP contribution is -2.29. The van der Waals surface area contributed by atoms with Crippen molar-refractivity contribution in [2.24, 2.45) is 0 Å². The molecular weight excluding hydrogens is 234 g/mol. The molecule has 0 aliphatic carbocycles. The van der Waals surface area contributed by atoms with E-state index in [1.54, 1.807) is 31.3 Å². The van der Waals surface area contributed by atoms with Gasteiger partial charge in [0.1, 0.15) is 0 Å². The third-order valence-electron chi connectivity index (χ3n) is 2.05. The number of rotatable bonds is 4. The van der Waals surface area contributed by atoms with Crippen LogP contribution in [0.4, 0.5) is 5.69 Å². The zero-order chi connectivity index (χ0) is 12.7. The molecule has 0 bridgehead atoms. The van der Waals surface area contributed by atoms with Crippen LogP contribution < -0.4 is 16.0 Å². The molecule has 1 aromatic carbocycles. The van der Waals surface area contributed by atoms with Crippen molar-refractivity contribution in [1.82, 2.24) is 10.6 Å². The van der Waals surface area contributed by atoms with Crippen LogP contribution in [0.3, 0.4) is 0 Å². The molecule has 1 amide bonds. The van der Waals surface area contributed by atoms with Crippen LogP contribution in [-0.4, -0.2) is 24.6 Å². The zero-order valence-electron chi connectivity index (χ0n) is 9.62.